The Morgan fingerprint density at radius 1 is 1.54 bits per heavy atom. The van der Waals surface area contributed by atoms with Crippen molar-refractivity contribution in [1.82, 2.24) is 4.57 Å². The second kappa shape index (κ2) is 2.45. The van der Waals surface area contributed by atoms with Gasteiger partial charge in [-0.05, 0) is 31.4 Å². The third kappa shape index (κ3) is 1.11. The fraction of sp³-hybridized carbons (Fsp3) is 0.500. The first-order valence-corrected chi connectivity index (χ1v) is 4.51. The second-order valence-corrected chi connectivity index (χ2v) is 4.01. The normalized spacial score (nSPS) is 26.1. The Morgan fingerprint density at radius 3 is 2.92 bits per heavy atom. The van der Waals surface area contributed by atoms with Gasteiger partial charge >= 0.3 is 0 Å². The molecule has 1 aliphatic rings. The molecule has 13 heavy (non-hydrogen) atoms. The van der Waals surface area contributed by atoms with Crippen LogP contribution in [0.1, 0.15) is 24.6 Å². The Morgan fingerprint density at radius 2 is 2.23 bits per heavy atom. The zero-order valence-electron chi connectivity index (χ0n) is 8.00. The number of fused-ring (bicyclic) bond motifs is 1. The molecule has 2 rings (SSSR count). The minimum atomic E-state index is -0.249. The van der Waals surface area contributed by atoms with Crippen molar-refractivity contribution in [2.45, 2.75) is 25.3 Å². The Labute approximate surface area is 77.2 Å². The van der Waals surface area contributed by atoms with Gasteiger partial charge in [-0.3, -0.25) is 4.79 Å². The molecule has 0 aromatic carbocycles. The number of hydrogen-bond acceptors (Lipinski definition) is 2. The molecule has 0 bridgehead atoms. The lowest BCUT2D eigenvalue weighted by Gasteiger charge is -2.18. The van der Waals surface area contributed by atoms with Crippen molar-refractivity contribution in [3.8, 4) is 0 Å². The standard InChI is InChI=1S/C10H14N2O/c1-10(11)6-5-8-7(10)3-4-9(13)12(8)2/h3-4H,5-6,11H2,1-2H3. The average Bonchev–Trinajstić information content (AvgIpc) is 2.35. The van der Waals surface area contributed by atoms with Gasteiger partial charge in [-0.2, -0.15) is 0 Å². The van der Waals surface area contributed by atoms with E-state index in [0.717, 1.165) is 24.1 Å². The van der Waals surface area contributed by atoms with E-state index < -0.39 is 0 Å². The van der Waals surface area contributed by atoms with Gasteiger partial charge in [-0.25, -0.2) is 0 Å². The van der Waals surface area contributed by atoms with Crippen LogP contribution in [0.3, 0.4) is 0 Å². The molecule has 2 N–H and O–H groups in total. The van der Waals surface area contributed by atoms with Gasteiger partial charge in [0.15, 0.2) is 0 Å². The Hall–Kier alpha value is -1.09. The van der Waals surface area contributed by atoms with Crippen molar-refractivity contribution in [2.24, 2.45) is 12.8 Å². The first-order chi connectivity index (χ1) is 6.02. The molecule has 0 amide bonds. The third-order valence-electron chi connectivity index (χ3n) is 2.94. The quantitative estimate of drug-likeness (QED) is 0.629. The lowest BCUT2D eigenvalue weighted by molar-refractivity contribution is 0.492. The summed E-state index contributed by atoms with van der Waals surface area (Å²) in [5, 5.41) is 0. The predicted octanol–water partition coefficient (Wildman–Crippen LogP) is 0.505. The summed E-state index contributed by atoms with van der Waals surface area (Å²) < 4.78 is 1.70. The van der Waals surface area contributed by atoms with Crippen LogP contribution < -0.4 is 11.3 Å². The summed E-state index contributed by atoms with van der Waals surface area (Å²) in [5.41, 5.74) is 8.11. The molecule has 3 heteroatoms. The van der Waals surface area contributed by atoms with Crippen molar-refractivity contribution in [2.75, 3.05) is 0 Å². The van der Waals surface area contributed by atoms with E-state index in [1.54, 1.807) is 10.6 Å². The van der Waals surface area contributed by atoms with E-state index in [-0.39, 0.29) is 11.1 Å². The van der Waals surface area contributed by atoms with Gasteiger partial charge in [-0.15, -0.1) is 0 Å². The predicted molar refractivity (Wildman–Crippen MR) is 51.5 cm³/mol. The number of pyridine rings is 1. The molecule has 0 saturated heterocycles. The maximum absolute atomic E-state index is 11.3. The second-order valence-electron chi connectivity index (χ2n) is 4.01. The first kappa shape index (κ1) is 8.51. The number of aromatic nitrogens is 1. The Balaban J connectivity index is 2.71. The van der Waals surface area contributed by atoms with Crippen molar-refractivity contribution in [1.29, 1.82) is 0 Å². The summed E-state index contributed by atoms with van der Waals surface area (Å²) in [5.74, 6) is 0. The first-order valence-electron chi connectivity index (χ1n) is 4.51. The van der Waals surface area contributed by atoms with E-state index in [1.807, 2.05) is 20.0 Å². The SMILES string of the molecule is Cn1c2c(ccc1=O)C(C)(N)CC2. The number of hydrogen-bond donors (Lipinski definition) is 1. The van der Waals surface area contributed by atoms with Crippen molar-refractivity contribution in [3.05, 3.63) is 33.7 Å². The van der Waals surface area contributed by atoms with Crippen LogP contribution in [0.4, 0.5) is 0 Å². The topological polar surface area (TPSA) is 48.0 Å². The summed E-state index contributed by atoms with van der Waals surface area (Å²) in [4.78, 5) is 11.3. The van der Waals surface area contributed by atoms with Crippen LogP contribution in [0.25, 0.3) is 0 Å². The van der Waals surface area contributed by atoms with Gasteiger partial charge in [-0.1, -0.05) is 0 Å². The molecule has 0 spiro atoms. The molecule has 1 aliphatic carbocycles. The molecular formula is C10H14N2O. The Bertz CT molecular complexity index is 404. The minimum absolute atomic E-state index is 0.0523. The van der Waals surface area contributed by atoms with Crippen LogP contribution in [0.5, 0.6) is 0 Å². The van der Waals surface area contributed by atoms with Crippen LogP contribution in [0.15, 0.2) is 16.9 Å². The lowest BCUT2D eigenvalue weighted by atomic mass is 9.97. The van der Waals surface area contributed by atoms with Crippen LogP contribution in [-0.2, 0) is 19.0 Å². The molecule has 0 fully saturated rings. The van der Waals surface area contributed by atoms with E-state index in [2.05, 4.69) is 0 Å². The minimum Gasteiger partial charge on any atom is -0.322 e. The highest BCUT2D eigenvalue weighted by Crippen LogP contribution is 2.32. The number of nitrogens with zero attached hydrogens (tertiary/aromatic N) is 1. The summed E-state index contributed by atoms with van der Waals surface area (Å²) in [6.45, 7) is 2.02. The largest absolute Gasteiger partial charge is 0.322 e. The summed E-state index contributed by atoms with van der Waals surface area (Å²) in [7, 11) is 1.81. The summed E-state index contributed by atoms with van der Waals surface area (Å²) >= 11 is 0. The highest BCUT2D eigenvalue weighted by molar-refractivity contribution is 5.33. The fourth-order valence-electron chi connectivity index (χ4n) is 2.01. The number of rotatable bonds is 0. The van der Waals surface area contributed by atoms with Gasteiger partial charge in [0.1, 0.15) is 0 Å². The number of nitrogens with two attached hydrogens (primary N) is 1. The van der Waals surface area contributed by atoms with E-state index in [1.165, 1.54) is 0 Å². The lowest BCUT2D eigenvalue weighted by Crippen LogP contribution is -2.31. The van der Waals surface area contributed by atoms with Crippen LogP contribution in [0.2, 0.25) is 0 Å². The smallest absolute Gasteiger partial charge is 0.250 e. The third-order valence-corrected chi connectivity index (χ3v) is 2.94. The monoisotopic (exact) mass is 178 g/mol. The van der Waals surface area contributed by atoms with Gasteiger partial charge in [0.25, 0.3) is 0 Å². The Kier molecular flexibility index (Phi) is 1.60. The zero-order chi connectivity index (χ0) is 9.64. The maximum atomic E-state index is 11.3. The molecule has 0 aliphatic heterocycles. The van der Waals surface area contributed by atoms with E-state index in [4.69, 9.17) is 5.73 Å². The summed E-state index contributed by atoms with van der Waals surface area (Å²) in [6.07, 6.45) is 1.84. The summed E-state index contributed by atoms with van der Waals surface area (Å²) in [6, 6.07) is 3.46. The highest BCUT2D eigenvalue weighted by atomic mass is 16.1. The molecule has 1 atom stereocenters. The van der Waals surface area contributed by atoms with Crippen molar-refractivity contribution >= 4 is 0 Å². The molecule has 1 aromatic rings. The van der Waals surface area contributed by atoms with Crippen molar-refractivity contribution < 1.29 is 0 Å². The molecule has 0 saturated carbocycles. The highest BCUT2D eigenvalue weighted by Gasteiger charge is 2.31. The molecule has 70 valence electrons. The fourth-order valence-corrected chi connectivity index (χ4v) is 2.01. The van der Waals surface area contributed by atoms with E-state index in [9.17, 15) is 4.79 Å². The molecular weight excluding hydrogens is 164 g/mol. The van der Waals surface area contributed by atoms with Crippen molar-refractivity contribution in [3.63, 3.8) is 0 Å². The van der Waals surface area contributed by atoms with Gasteiger partial charge in [0, 0.05) is 24.3 Å². The molecule has 1 heterocycles. The van der Waals surface area contributed by atoms with Gasteiger partial charge in [0.05, 0.1) is 0 Å². The van der Waals surface area contributed by atoms with E-state index in [0.29, 0.717) is 0 Å². The molecule has 0 radical (unpaired) electrons. The van der Waals surface area contributed by atoms with Gasteiger partial charge in [0.2, 0.25) is 5.56 Å². The van der Waals surface area contributed by atoms with Crippen LogP contribution >= 0.6 is 0 Å². The van der Waals surface area contributed by atoms with Crippen LogP contribution in [-0.4, -0.2) is 4.57 Å². The van der Waals surface area contributed by atoms with Crippen LogP contribution in [0, 0.1) is 0 Å². The average molecular weight is 178 g/mol. The zero-order valence-corrected chi connectivity index (χ0v) is 8.00. The molecule has 1 unspecified atom stereocenters. The molecule has 3 nitrogen and oxygen atoms in total. The maximum Gasteiger partial charge on any atom is 0.250 e. The van der Waals surface area contributed by atoms with Gasteiger partial charge < -0.3 is 10.3 Å². The molecule has 1 aromatic heterocycles. The van der Waals surface area contributed by atoms with E-state index >= 15 is 0 Å².